The van der Waals surface area contributed by atoms with Gasteiger partial charge < -0.3 is 25.2 Å². The van der Waals surface area contributed by atoms with Crippen LogP contribution in [0.4, 0.5) is 37.7 Å². The number of carboxylic acid groups (broad SMARTS) is 1. The molecule has 3 N–H and O–H groups in total. The number of rotatable bonds is 16. The van der Waals surface area contributed by atoms with Gasteiger partial charge in [0.2, 0.25) is 0 Å². The van der Waals surface area contributed by atoms with E-state index < -0.39 is 31.2 Å². The number of hydrogen-bond acceptors (Lipinski definition) is 8. The van der Waals surface area contributed by atoms with Gasteiger partial charge in [-0.1, -0.05) is 66.9 Å². The number of aromatic carboxylic acids is 1. The molecule has 1 aliphatic carbocycles. The molecule has 0 spiro atoms. The summed E-state index contributed by atoms with van der Waals surface area (Å²) < 4.78 is 91.9. The number of Topliss-reactive ketones (excluding diaryl/α,β-unsaturated/α-hetero) is 1. The fourth-order valence-electron chi connectivity index (χ4n) is 8.57. The van der Waals surface area contributed by atoms with E-state index in [-0.39, 0.29) is 29.9 Å². The predicted octanol–water partition coefficient (Wildman–Crippen LogP) is 15.7. The van der Waals surface area contributed by atoms with E-state index >= 15 is 0 Å². The number of alkyl halides is 6. The van der Waals surface area contributed by atoms with E-state index in [4.69, 9.17) is 32.7 Å². The summed E-state index contributed by atoms with van der Waals surface area (Å²) in [6.07, 6.45) is -0.0796. The van der Waals surface area contributed by atoms with Crippen molar-refractivity contribution in [2.75, 3.05) is 23.7 Å². The lowest BCUT2D eigenvalue weighted by atomic mass is 9.67. The van der Waals surface area contributed by atoms with E-state index in [1.54, 1.807) is 113 Å². The van der Waals surface area contributed by atoms with Crippen LogP contribution in [0.25, 0.3) is 33.8 Å². The SMILES string of the molecule is Cc1cc(-c2cnc3c(NCCC(F)(F)F)cc(Oc4cccc(Cl)c4)cn23)ccc1C(=O)CC1(C)CCC1.Cc1cc(-c2cnc3c(NCCC(F)(F)F)cc(Oc4cccc(Cl)c4)cn23)ccc1C(=O)O. The number of carbonyl (C=O) groups is 2. The van der Waals surface area contributed by atoms with Gasteiger partial charge in [-0.15, -0.1) is 0 Å². The van der Waals surface area contributed by atoms with Crippen molar-refractivity contribution in [1.82, 2.24) is 18.8 Å². The van der Waals surface area contributed by atoms with Crippen molar-refractivity contribution in [3.8, 4) is 45.5 Å². The first-order valence-corrected chi connectivity index (χ1v) is 23.8. The van der Waals surface area contributed by atoms with Crippen molar-refractivity contribution in [3.63, 3.8) is 0 Å². The third-order valence-electron chi connectivity index (χ3n) is 12.4. The normalized spacial score (nSPS) is 13.2. The molecular weight excluding hydrogens is 998 g/mol. The van der Waals surface area contributed by atoms with Gasteiger partial charge in [-0.2, -0.15) is 26.3 Å². The first kappa shape index (κ1) is 52.1. The third kappa shape index (κ3) is 13.1. The van der Waals surface area contributed by atoms with Crippen LogP contribution in [0.2, 0.25) is 10.0 Å². The van der Waals surface area contributed by atoms with Gasteiger partial charge in [-0.05, 0) is 97.8 Å². The van der Waals surface area contributed by atoms with Crippen molar-refractivity contribution in [2.45, 2.75) is 71.6 Å². The summed E-state index contributed by atoms with van der Waals surface area (Å²) in [6, 6.07) is 27.3. The van der Waals surface area contributed by atoms with Crippen LogP contribution in [0.1, 0.15) is 77.3 Å². The van der Waals surface area contributed by atoms with Crippen LogP contribution in [-0.4, -0.2) is 61.1 Å². The van der Waals surface area contributed by atoms with Gasteiger partial charge in [-0.3, -0.25) is 13.6 Å². The highest BCUT2D eigenvalue weighted by Crippen LogP contribution is 2.44. The Bertz CT molecular complexity index is 3330. The minimum atomic E-state index is -4.30. The highest BCUT2D eigenvalue weighted by Gasteiger charge is 2.34. The zero-order valence-electron chi connectivity index (χ0n) is 39.6. The number of aromatic nitrogens is 4. The topological polar surface area (TPSA) is 131 Å². The number of hydrogen-bond donors (Lipinski definition) is 3. The maximum absolute atomic E-state index is 13.0. The molecule has 0 saturated heterocycles. The molecule has 1 aliphatic rings. The Balaban J connectivity index is 0.000000197. The molecule has 1 saturated carbocycles. The fourth-order valence-corrected chi connectivity index (χ4v) is 8.93. The van der Waals surface area contributed by atoms with Crippen LogP contribution in [-0.2, 0) is 0 Å². The number of benzene rings is 4. The second kappa shape index (κ2) is 21.5. The number of pyridine rings is 2. The van der Waals surface area contributed by atoms with Crippen molar-refractivity contribution in [2.24, 2.45) is 5.41 Å². The molecule has 0 aliphatic heterocycles. The Kier molecular flexibility index (Phi) is 15.3. The molecule has 9 rings (SSSR count). The Morgan fingerprint density at radius 2 is 1.11 bits per heavy atom. The van der Waals surface area contributed by atoms with Crippen LogP contribution < -0.4 is 20.1 Å². The number of imidazole rings is 2. The van der Waals surface area contributed by atoms with Gasteiger partial charge in [0, 0.05) is 58.4 Å². The number of fused-ring (bicyclic) bond motifs is 2. The lowest BCUT2D eigenvalue weighted by molar-refractivity contribution is -0.132. The van der Waals surface area contributed by atoms with Crippen LogP contribution in [0.5, 0.6) is 23.0 Å². The number of nitrogens with zero attached hydrogens (tertiary/aromatic N) is 4. The van der Waals surface area contributed by atoms with Gasteiger partial charge in [0.15, 0.2) is 17.1 Å². The number of carbonyl (C=O) groups excluding carboxylic acids is 1. The number of ketones is 1. The lowest BCUT2D eigenvalue weighted by Gasteiger charge is -2.37. The lowest BCUT2D eigenvalue weighted by Crippen LogP contribution is -2.28. The largest absolute Gasteiger partial charge is 0.478 e. The van der Waals surface area contributed by atoms with E-state index in [1.165, 1.54) is 12.5 Å². The molecule has 1 fully saturated rings. The molecule has 73 heavy (non-hydrogen) atoms. The van der Waals surface area contributed by atoms with E-state index in [1.807, 2.05) is 25.1 Å². The number of aryl methyl sites for hydroxylation is 2. The summed E-state index contributed by atoms with van der Waals surface area (Å²) in [5.41, 5.74) is 6.88. The van der Waals surface area contributed by atoms with E-state index in [0.29, 0.717) is 90.2 Å². The molecule has 380 valence electrons. The molecule has 8 aromatic rings. The smallest absolute Gasteiger partial charge is 0.390 e. The fraction of sp³-hybridized carbons (Fsp3) is 0.259. The Morgan fingerprint density at radius 1 is 0.658 bits per heavy atom. The molecule has 11 nitrogen and oxygen atoms in total. The van der Waals surface area contributed by atoms with Gasteiger partial charge in [0.1, 0.15) is 23.0 Å². The molecule has 0 atom stereocenters. The Hall–Kier alpha value is -7.24. The molecular formula is C54H48Cl2F6N6O5. The molecule has 0 amide bonds. The first-order chi connectivity index (χ1) is 34.6. The molecule has 4 aromatic carbocycles. The van der Waals surface area contributed by atoms with Crippen LogP contribution in [0.3, 0.4) is 0 Å². The second-order valence-corrected chi connectivity index (χ2v) is 19.1. The van der Waals surface area contributed by atoms with Crippen LogP contribution in [0.15, 0.2) is 122 Å². The van der Waals surface area contributed by atoms with Crippen LogP contribution >= 0.6 is 23.2 Å². The van der Waals surface area contributed by atoms with E-state index in [9.17, 15) is 41.0 Å². The summed E-state index contributed by atoms with van der Waals surface area (Å²) in [5.74, 6) is 0.807. The quantitative estimate of drug-likeness (QED) is 0.0639. The minimum Gasteiger partial charge on any atom is -0.478 e. The average molecular weight is 1050 g/mol. The third-order valence-corrected chi connectivity index (χ3v) is 12.9. The molecule has 4 heterocycles. The predicted molar refractivity (Wildman–Crippen MR) is 270 cm³/mol. The number of ether oxygens (including phenoxy) is 2. The number of carboxylic acids is 1. The van der Waals surface area contributed by atoms with Gasteiger partial charge in [0.05, 0.1) is 66.0 Å². The standard InChI is InChI=1S/C30H29ClF3N3O2.C24H19ClF3N3O3/c1-19-13-20(7-8-24(19)27(38)16-29(2)9-4-10-29)26-17-36-28-25(35-12-11-30(32,33)34)15-23(18-37(26)28)39-22-6-3-5-21(31)14-22;1-14-9-15(5-6-19(14)23(32)33)21-12-30-22-20(29-8-7-24(26,27)28)11-18(13-31(21)22)34-17-4-2-3-16(25)10-17/h3,5-8,13-15,17-18,35H,4,9-12,16H2,1-2H3;2-6,9-13,29H,7-8H2,1H3,(H,32,33). The molecule has 4 aromatic heterocycles. The monoisotopic (exact) mass is 1040 g/mol. The molecule has 0 bridgehead atoms. The number of anilines is 2. The van der Waals surface area contributed by atoms with Crippen molar-refractivity contribution in [1.29, 1.82) is 0 Å². The highest BCUT2D eigenvalue weighted by atomic mass is 35.5. The van der Waals surface area contributed by atoms with Gasteiger partial charge >= 0.3 is 18.3 Å². The van der Waals surface area contributed by atoms with Crippen molar-refractivity contribution < 1.29 is 50.5 Å². The molecule has 0 unspecified atom stereocenters. The number of halogens is 8. The molecule has 19 heteroatoms. The average Bonchev–Trinajstić information content (AvgIpc) is 3.93. The highest BCUT2D eigenvalue weighted by molar-refractivity contribution is 6.31. The first-order valence-electron chi connectivity index (χ1n) is 23.1. The van der Waals surface area contributed by atoms with Gasteiger partial charge in [-0.25, -0.2) is 14.8 Å². The number of nitrogens with one attached hydrogen (secondary N) is 2. The summed E-state index contributed by atoms with van der Waals surface area (Å²) in [4.78, 5) is 33.3. The Labute approximate surface area is 425 Å². The zero-order chi connectivity index (χ0) is 52.2. The summed E-state index contributed by atoms with van der Waals surface area (Å²) in [7, 11) is 0. The summed E-state index contributed by atoms with van der Waals surface area (Å²) in [5, 5.41) is 15.9. The van der Waals surface area contributed by atoms with Crippen LogP contribution in [0, 0.1) is 19.3 Å². The second-order valence-electron chi connectivity index (χ2n) is 18.2. The summed E-state index contributed by atoms with van der Waals surface area (Å²) >= 11 is 12.1. The van der Waals surface area contributed by atoms with Gasteiger partial charge in [0.25, 0.3) is 0 Å². The zero-order valence-corrected chi connectivity index (χ0v) is 41.1. The minimum absolute atomic E-state index is 0.0960. The summed E-state index contributed by atoms with van der Waals surface area (Å²) in [6.45, 7) is 5.12. The Morgan fingerprint density at radius 3 is 1.49 bits per heavy atom. The maximum atomic E-state index is 13.0. The van der Waals surface area contributed by atoms with E-state index in [0.717, 1.165) is 24.0 Å². The van der Waals surface area contributed by atoms with Crippen molar-refractivity contribution >= 4 is 57.6 Å². The maximum Gasteiger partial charge on any atom is 0.390 e. The van der Waals surface area contributed by atoms with Crippen molar-refractivity contribution in [3.05, 3.63) is 154 Å². The molecule has 0 radical (unpaired) electrons. The van der Waals surface area contributed by atoms with E-state index in [2.05, 4.69) is 27.5 Å².